The van der Waals surface area contributed by atoms with Gasteiger partial charge in [-0.05, 0) is 34.7 Å². The van der Waals surface area contributed by atoms with Crippen LogP contribution in [0.3, 0.4) is 0 Å². The molecular weight excluding hydrogens is 303 g/mol. The van der Waals surface area contributed by atoms with Crippen LogP contribution in [0.5, 0.6) is 0 Å². The van der Waals surface area contributed by atoms with Crippen LogP contribution in [0.2, 0.25) is 0 Å². The molecule has 0 saturated heterocycles. The Bertz CT molecular complexity index is 525. The lowest BCUT2D eigenvalue weighted by molar-refractivity contribution is -0.114. The van der Waals surface area contributed by atoms with E-state index in [0.717, 1.165) is 20.2 Å². The van der Waals surface area contributed by atoms with Gasteiger partial charge in [-0.15, -0.1) is 0 Å². The molecule has 1 amide bonds. The summed E-state index contributed by atoms with van der Waals surface area (Å²) in [5.74, 6) is -0.0807. The number of fused-ring (bicyclic) bond motifs is 1. The van der Waals surface area contributed by atoms with Crippen LogP contribution < -0.4 is 5.32 Å². The van der Waals surface area contributed by atoms with Crippen molar-refractivity contribution in [2.75, 3.05) is 5.32 Å². The van der Waals surface area contributed by atoms with Crippen molar-refractivity contribution in [2.24, 2.45) is 0 Å². The van der Waals surface area contributed by atoms with Gasteiger partial charge in [0.2, 0.25) is 5.91 Å². The van der Waals surface area contributed by atoms with Crippen molar-refractivity contribution >= 4 is 45.1 Å². The molecule has 0 aliphatic carbocycles. The van der Waals surface area contributed by atoms with Crippen LogP contribution in [-0.2, 0) is 4.79 Å². The first-order valence-electron chi connectivity index (χ1n) is 4.48. The molecule has 0 unspecified atom stereocenters. The van der Waals surface area contributed by atoms with Gasteiger partial charge in [0.15, 0.2) is 0 Å². The maximum Gasteiger partial charge on any atom is 0.221 e. The monoisotopic (exact) mass is 312 g/mol. The van der Waals surface area contributed by atoms with E-state index in [1.807, 2.05) is 24.3 Å². The zero-order valence-electron chi connectivity index (χ0n) is 8.12. The minimum atomic E-state index is -0.0807. The van der Waals surface area contributed by atoms with Gasteiger partial charge in [-0.25, -0.2) is 0 Å². The minimum absolute atomic E-state index is 0.0807. The molecule has 0 spiro atoms. The molecule has 4 heteroatoms. The van der Waals surface area contributed by atoms with Gasteiger partial charge in [0.25, 0.3) is 0 Å². The molecule has 1 aromatic carbocycles. The van der Waals surface area contributed by atoms with E-state index >= 15 is 0 Å². The highest BCUT2D eigenvalue weighted by Crippen LogP contribution is 2.22. The van der Waals surface area contributed by atoms with Crippen LogP contribution >= 0.6 is 22.6 Å². The lowest BCUT2D eigenvalue weighted by atomic mass is 10.2. The van der Waals surface area contributed by atoms with E-state index < -0.39 is 0 Å². The normalized spacial score (nSPS) is 10.3. The number of nitrogens with one attached hydrogen (secondary N) is 1. The Morgan fingerprint density at radius 1 is 1.47 bits per heavy atom. The number of pyridine rings is 1. The second-order valence-electron chi connectivity index (χ2n) is 3.21. The lowest BCUT2D eigenvalue weighted by Gasteiger charge is -2.05. The summed E-state index contributed by atoms with van der Waals surface area (Å²) in [4.78, 5) is 15.3. The third kappa shape index (κ3) is 2.26. The van der Waals surface area contributed by atoms with E-state index in [0.29, 0.717) is 0 Å². The number of rotatable bonds is 1. The smallest absolute Gasteiger partial charge is 0.221 e. The average Bonchev–Trinajstić information content (AvgIpc) is 2.16. The number of carbonyl (C=O) groups excluding carboxylic acids is 1. The Hall–Kier alpha value is -1.17. The van der Waals surface area contributed by atoms with Gasteiger partial charge >= 0.3 is 0 Å². The van der Waals surface area contributed by atoms with Crippen LogP contribution in [0.25, 0.3) is 10.9 Å². The van der Waals surface area contributed by atoms with Gasteiger partial charge < -0.3 is 5.32 Å². The number of anilines is 1. The molecule has 0 bridgehead atoms. The highest BCUT2D eigenvalue weighted by atomic mass is 127. The summed E-state index contributed by atoms with van der Waals surface area (Å²) in [5.41, 5.74) is 1.59. The maximum absolute atomic E-state index is 11.0. The largest absolute Gasteiger partial charge is 0.324 e. The molecule has 0 fully saturated rings. The van der Waals surface area contributed by atoms with Crippen molar-refractivity contribution in [2.45, 2.75) is 6.92 Å². The molecule has 3 nitrogen and oxygen atoms in total. The highest BCUT2D eigenvalue weighted by Gasteiger charge is 2.03. The number of hydrogen-bond donors (Lipinski definition) is 1. The second-order valence-corrected chi connectivity index (χ2v) is 4.46. The quantitative estimate of drug-likeness (QED) is 0.823. The van der Waals surface area contributed by atoms with Gasteiger partial charge in [0, 0.05) is 22.1 Å². The molecule has 1 N–H and O–H groups in total. The van der Waals surface area contributed by atoms with E-state index in [-0.39, 0.29) is 5.91 Å². The molecule has 76 valence electrons. The summed E-state index contributed by atoms with van der Waals surface area (Å²) in [6.45, 7) is 1.49. The highest BCUT2D eigenvalue weighted by molar-refractivity contribution is 14.1. The average molecular weight is 312 g/mol. The van der Waals surface area contributed by atoms with Gasteiger partial charge in [-0.1, -0.05) is 12.1 Å². The Kier molecular flexibility index (Phi) is 2.86. The van der Waals surface area contributed by atoms with Crippen molar-refractivity contribution in [1.29, 1.82) is 0 Å². The van der Waals surface area contributed by atoms with Gasteiger partial charge in [0.05, 0.1) is 11.2 Å². The van der Waals surface area contributed by atoms with Gasteiger partial charge in [-0.3, -0.25) is 9.78 Å². The SMILES string of the molecule is CC(=O)Nc1cccc2cc(I)cnc12. The summed E-state index contributed by atoms with van der Waals surface area (Å²) in [6.07, 6.45) is 1.79. The Labute approximate surface area is 101 Å². The van der Waals surface area contributed by atoms with E-state index in [4.69, 9.17) is 0 Å². The topological polar surface area (TPSA) is 42.0 Å². The molecule has 2 aromatic rings. The zero-order valence-corrected chi connectivity index (χ0v) is 10.3. The summed E-state index contributed by atoms with van der Waals surface area (Å²) in [6, 6.07) is 7.78. The molecule has 15 heavy (non-hydrogen) atoms. The van der Waals surface area contributed by atoms with Crippen LogP contribution in [0.15, 0.2) is 30.5 Å². The maximum atomic E-state index is 11.0. The molecule has 2 rings (SSSR count). The lowest BCUT2D eigenvalue weighted by Crippen LogP contribution is -2.06. The standard InChI is InChI=1S/C11H9IN2O/c1-7(15)14-10-4-2-3-8-5-9(12)6-13-11(8)10/h2-6H,1H3,(H,14,15). The van der Waals surface area contributed by atoms with E-state index in [2.05, 4.69) is 32.9 Å². The molecule has 0 saturated carbocycles. The van der Waals surface area contributed by atoms with Crippen molar-refractivity contribution < 1.29 is 4.79 Å². The third-order valence-electron chi connectivity index (χ3n) is 1.99. The number of halogens is 1. The fourth-order valence-corrected chi connectivity index (χ4v) is 1.90. The van der Waals surface area contributed by atoms with Crippen LogP contribution in [0.1, 0.15) is 6.92 Å². The first-order chi connectivity index (χ1) is 7.16. The molecule has 0 radical (unpaired) electrons. The third-order valence-corrected chi connectivity index (χ3v) is 2.58. The first-order valence-corrected chi connectivity index (χ1v) is 5.56. The molecule has 0 atom stereocenters. The first kappa shape index (κ1) is 10.4. The predicted octanol–water partition coefficient (Wildman–Crippen LogP) is 2.80. The molecule has 0 aliphatic heterocycles. The summed E-state index contributed by atoms with van der Waals surface area (Å²) >= 11 is 2.22. The van der Waals surface area contributed by atoms with E-state index in [1.54, 1.807) is 6.20 Å². The van der Waals surface area contributed by atoms with Crippen LogP contribution in [-0.4, -0.2) is 10.9 Å². The van der Waals surface area contributed by atoms with Crippen molar-refractivity contribution in [1.82, 2.24) is 4.98 Å². The summed E-state index contributed by atoms with van der Waals surface area (Å²) < 4.78 is 1.08. The number of amides is 1. The van der Waals surface area contributed by atoms with E-state index in [9.17, 15) is 4.79 Å². The number of hydrogen-bond acceptors (Lipinski definition) is 2. The van der Waals surface area contributed by atoms with Gasteiger partial charge in [0.1, 0.15) is 0 Å². The van der Waals surface area contributed by atoms with Crippen LogP contribution in [0, 0.1) is 3.57 Å². The molecule has 1 heterocycles. The Morgan fingerprint density at radius 2 is 2.27 bits per heavy atom. The second kappa shape index (κ2) is 4.14. The summed E-state index contributed by atoms with van der Waals surface area (Å²) in [5, 5.41) is 3.80. The van der Waals surface area contributed by atoms with Gasteiger partial charge in [-0.2, -0.15) is 0 Å². The number of carbonyl (C=O) groups is 1. The van der Waals surface area contributed by atoms with E-state index in [1.165, 1.54) is 6.92 Å². The number of aromatic nitrogens is 1. The predicted molar refractivity (Wildman–Crippen MR) is 68.8 cm³/mol. The fourth-order valence-electron chi connectivity index (χ4n) is 1.42. The zero-order chi connectivity index (χ0) is 10.8. The van der Waals surface area contributed by atoms with Crippen molar-refractivity contribution in [3.63, 3.8) is 0 Å². The molecule has 0 aliphatic rings. The minimum Gasteiger partial charge on any atom is -0.324 e. The number of para-hydroxylation sites is 1. The summed E-state index contributed by atoms with van der Waals surface area (Å²) in [7, 11) is 0. The molecule has 1 aromatic heterocycles. The Balaban J connectivity index is 2.60. The number of benzene rings is 1. The molecular formula is C11H9IN2O. The van der Waals surface area contributed by atoms with Crippen LogP contribution in [0.4, 0.5) is 5.69 Å². The Morgan fingerprint density at radius 3 is 3.00 bits per heavy atom. The van der Waals surface area contributed by atoms with Crippen molar-refractivity contribution in [3.05, 3.63) is 34.0 Å². The van der Waals surface area contributed by atoms with Crippen molar-refractivity contribution in [3.8, 4) is 0 Å². The fraction of sp³-hybridized carbons (Fsp3) is 0.0909. The number of nitrogens with zero attached hydrogens (tertiary/aromatic N) is 1.